The first-order valence-electron chi connectivity index (χ1n) is 10.5. The van der Waals surface area contributed by atoms with Crippen LogP contribution in [0.15, 0.2) is 82.3 Å². The SMILES string of the molecule is COc1ccc(C2NC(=O)N(Cc3cccs3)C(C)=C2c2nc(-c3ccccc3)no2)cc1. The maximum atomic E-state index is 13.1. The molecule has 0 aliphatic carbocycles. The molecule has 5 rings (SSSR count). The highest BCUT2D eigenvalue weighted by Gasteiger charge is 2.36. The van der Waals surface area contributed by atoms with Crippen LogP contribution in [-0.2, 0) is 6.54 Å². The van der Waals surface area contributed by atoms with Gasteiger partial charge in [0.05, 0.1) is 25.3 Å². The molecule has 2 amide bonds. The van der Waals surface area contributed by atoms with Crippen LogP contribution in [0.4, 0.5) is 4.79 Å². The third-order valence-electron chi connectivity index (χ3n) is 5.63. The van der Waals surface area contributed by atoms with E-state index in [1.165, 1.54) is 0 Å². The summed E-state index contributed by atoms with van der Waals surface area (Å²) >= 11 is 1.61. The Morgan fingerprint density at radius 3 is 2.58 bits per heavy atom. The van der Waals surface area contributed by atoms with E-state index in [1.54, 1.807) is 23.3 Å². The topological polar surface area (TPSA) is 80.5 Å². The summed E-state index contributed by atoms with van der Waals surface area (Å²) in [7, 11) is 1.62. The fraction of sp³-hybridized carbons (Fsp3) is 0.160. The van der Waals surface area contributed by atoms with Gasteiger partial charge in [-0.3, -0.25) is 4.90 Å². The second-order valence-corrected chi connectivity index (χ2v) is 8.64. The van der Waals surface area contributed by atoms with Crippen molar-refractivity contribution in [3.05, 3.63) is 94.1 Å². The van der Waals surface area contributed by atoms with E-state index >= 15 is 0 Å². The number of carbonyl (C=O) groups is 1. The van der Waals surface area contributed by atoms with Gasteiger partial charge in [0, 0.05) is 16.1 Å². The minimum Gasteiger partial charge on any atom is -0.497 e. The number of nitrogens with one attached hydrogen (secondary N) is 1. The Balaban J connectivity index is 1.59. The van der Waals surface area contributed by atoms with Gasteiger partial charge in [-0.2, -0.15) is 4.98 Å². The van der Waals surface area contributed by atoms with Crippen molar-refractivity contribution in [3.63, 3.8) is 0 Å². The molecule has 1 aliphatic heterocycles. The maximum Gasteiger partial charge on any atom is 0.322 e. The van der Waals surface area contributed by atoms with Crippen LogP contribution in [-0.4, -0.2) is 28.2 Å². The molecule has 0 saturated carbocycles. The third kappa shape index (κ3) is 4.12. The first-order valence-corrected chi connectivity index (χ1v) is 11.4. The number of nitrogens with zero attached hydrogens (tertiary/aromatic N) is 3. The Hall–Kier alpha value is -3.91. The number of hydrogen-bond donors (Lipinski definition) is 1. The summed E-state index contributed by atoms with van der Waals surface area (Å²) in [6.07, 6.45) is 0. The summed E-state index contributed by atoms with van der Waals surface area (Å²) in [6.45, 7) is 2.39. The van der Waals surface area contributed by atoms with Gasteiger partial charge in [-0.15, -0.1) is 11.3 Å². The van der Waals surface area contributed by atoms with Crippen LogP contribution in [0.5, 0.6) is 5.75 Å². The Morgan fingerprint density at radius 2 is 1.88 bits per heavy atom. The monoisotopic (exact) mass is 458 g/mol. The number of carbonyl (C=O) groups excluding carboxylic acids is 1. The number of allylic oxidation sites excluding steroid dienone is 1. The van der Waals surface area contributed by atoms with Crippen molar-refractivity contribution in [1.29, 1.82) is 0 Å². The summed E-state index contributed by atoms with van der Waals surface area (Å²) < 4.78 is 11.0. The highest BCUT2D eigenvalue weighted by atomic mass is 32.1. The first-order chi connectivity index (χ1) is 16.1. The van der Waals surface area contributed by atoms with Gasteiger partial charge in [-0.05, 0) is 36.1 Å². The normalized spacial score (nSPS) is 16.1. The number of ether oxygens (including phenoxy) is 1. The van der Waals surface area contributed by atoms with Gasteiger partial charge >= 0.3 is 6.03 Å². The van der Waals surface area contributed by atoms with Crippen LogP contribution in [0.2, 0.25) is 0 Å². The van der Waals surface area contributed by atoms with Crippen LogP contribution in [0.1, 0.15) is 29.3 Å². The van der Waals surface area contributed by atoms with E-state index in [-0.39, 0.29) is 6.03 Å². The van der Waals surface area contributed by atoms with Crippen LogP contribution in [0, 0.1) is 0 Å². The molecule has 7 nitrogen and oxygen atoms in total. The van der Waals surface area contributed by atoms with E-state index < -0.39 is 6.04 Å². The predicted molar refractivity (Wildman–Crippen MR) is 126 cm³/mol. The Labute approximate surface area is 195 Å². The highest BCUT2D eigenvalue weighted by Crippen LogP contribution is 2.38. The van der Waals surface area contributed by atoms with E-state index in [2.05, 4.69) is 15.5 Å². The van der Waals surface area contributed by atoms with Crippen molar-refractivity contribution < 1.29 is 14.1 Å². The van der Waals surface area contributed by atoms with Gasteiger partial charge in [0.2, 0.25) is 5.82 Å². The number of amides is 2. The minimum absolute atomic E-state index is 0.173. The Kier molecular flexibility index (Phi) is 5.66. The number of aromatic nitrogens is 2. The van der Waals surface area contributed by atoms with Crippen molar-refractivity contribution >= 4 is 22.9 Å². The smallest absolute Gasteiger partial charge is 0.322 e. The first kappa shape index (κ1) is 21.0. The van der Waals surface area contributed by atoms with E-state index in [4.69, 9.17) is 9.26 Å². The van der Waals surface area contributed by atoms with E-state index in [1.807, 2.05) is 79.0 Å². The van der Waals surface area contributed by atoms with Gasteiger partial charge in [-0.1, -0.05) is 53.7 Å². The largest absolute Gasteiger partial charge is 0.497 e. The molecule has 1 unspecified atom stereocenters. The molecule has 0 bridgehead atoms. The second kappa shape index (κ2) is 8.91. The van der Waals surface area contributed by atoms with Crippen LogP contribution >= 0.6 is 11.3 Å². The van der Waals surface area contributed by atoms with Crippen molar-refractivity contribution in [2.45, 2.75) is 19.5 Å². The van der Waals surface area contributed by atoms with Gasteiger partial charge in [-0.25, -0.2) is 4.79 Å². The molecule has 0 fully saturated rings. The number of urea groups is 1. The molecule has 2 aromatic heterocycles. The standard InChI is InChI=1S/C25H22N4O3S/c1-16-21(24-27-23(28-32-24)18-7-4-3-5-8-18)22(17-10-12-19(31-2)13-11-17)26-25(30)29(16)15-20-9-6-14-33-20/h3-14,22H,15H2,1-2H3,(H,26,30). The lowest BCUT2D eigenvalue weighted by Gasteiger charge is -2.35. The lowest BCUT2D eigenvalue weighted by Crippen LogP contribution is -2.45. The minimum atomic E-state index is -0.438. The molecule has 1 N–H and O–H groups in total. The lowest BCUT2D eigenvalue weighted by atomic mass is 9.94. The number of methoxy groups -OCH3 is 1. The molecule has 3 heterocycles. The number of rotatable bonds is 6. The highest BCUT2D eigenvalue weighted by molar-refractivity contribution is 7.09. The van der Waals surface area contributed by atoms with Gasteiger partial charge < -0.3 is 14.6 Å². The fourth-order valence-electron chi connectivity index (χ4n) is 3.89. The quantitative estimate of drug-likeness (QED) is 0.412. The fourth-order valence-corrected chi connectivity index (χ4v) is 4.58. The number of thiophene rings is 1. The number of benzene rings is 2. The molecular weight excluding hydrogens is 436 g/mol. The Bertz CT molecular complexity index is 1280. The van der Waals surface area contributed by atoms with E-state index in [9.17, 15) is 4.79 Å². The second-order valence-electron chi connectivity index (χ2n) is 7.61. The van der Waals surface area contributed by atoms with Crippen molar-refractivity contribution in [2.24, 2.45) is 0 Å². The summed E-state index contributed by atoms with van der Waals surface area (Å²) in [5, 5.41) is 9.33. The zero-order chi connectivity index (χ0) is 22.8. The average Bonchev–Trinajstić information content (AvgIpc) is 3.54. The molecular formula is C25H22N4O3S. The molecule has 1 aliphatic rings. The van der Waals surface area contributed by atoms with Crippen LogP contribution < -0.4 is 10.1 Å². The molecule has 0 saturated heterocycles. The van der Waals surface area contributed by atoms with Crippen molar-refractivity contribution in [2.75, 3.05) is 7.11 Å². The molecule has 166 valence electrons. The zero-order valence-electron chi connectivity index (χ0n) is 18.2. The van der Waals surface area contributed by atoms with Crippen molar-refractivity contribution in [1.82, 2.24) is 20.4 Å². The predicted octanol–water partition coefficient (Wildman–Crippen LogP) is 5.50. The molecule has 33 heavy (non-hydrogen) atoms. The molecule has 4 aromatic rings. The summed E-state index contributed by atoms with van der Waals surface area (Å²) in [6, 6.07) is 20.7. The van der Waals surface area contributed by atoms with Gasteiger partial charge in [0.25, 0.3) is 5.89 Å². The summed E-state index contributed by atoms with van der Waals surface area (Å²) in [5.41, 5.74) is 3.30. The molecule has 1 atom stereocenters. The summed E-state index contributed by atoms with van der Waals surface area (Å²) in [5.74, 6) is 1.62. The summed E-state index contributed by atoms with van der Waals surface area (Å²) in [4.78, 5) is 20.6. The van der Waals surface area contributed by atoms with E-state index in [0.29, 0.717) is 18.3 Å². The molecule has 0 spiro atoms. The average molecular weight is 459 g/mol. The maximum absolute atomic E-state index is 13.1. The van der Waals surface area contributed by atoms with Crippen molar-refractivity contribution in [3.8, 4) is 17.1 Å². The lowest BCUT2D eigenvalue weighted by molar-refractivity contribution is 0.203. The molecule has 2 aromatic carbocycles. The Morgan fingerprint density at radius 1 is 1.09 bits per heavy atom. The van der Waals surface area contributed by atoms with Crippen LogP contribution in [0.3, 0.4) is 0 Å². The van der Waals surface area contributed by atoms with Gasteiger partial charge in [0.1, 0.15) is 5.75 Å². The van der Waals surface area contributed by atoms with Gasteiger partial charge in [0.15, 0.2) is 0 Å². The third-order valence-corrected chi connectivity index (χ3v) is 6.49. The number of hydrogen-bond acceptors (Lipinski definition) is 6. The zero-order valence-corrected chi connectivity index (χ0v) is 19.0. The van der Waals surface area contributed by atoms with E-state index in [0.717, 1.165) is 33.0 Å². The van der Waals surface area contributed by atoms with Crippen LogP contribution in [0.25, 0.3) is 17.0 Å². The molecule has 0 radical (unpaired) electrons. The molecule has 8 heteroatoms.